The minimum Gasteiger partial charge on any atom is -0.543 e. The van der Waals surface area contributed by atoms with Crippen molar-refractivity contribution in [1.82, 2.24) is 4.90 Å². The molecular weight excluding hydrogens is 531 g/mol. The van der Waals surface area contributed by atoms with Gasteiger partial charge in [-0.05, 0) is 57.1 Å². The lowest BCUT2D eigenvalue weighted by Gasteiger charge is -2.37. The molecule has 0 aliphatic carbocycles. The Bertz CT molecular complexity index is 1200. The first-order valence-electron chi connectivity index (χ1n) is 11.8. The van der Waals surface area contributed by atoms with E-state index in [2.05, 4.69) is 4.18 Å². The number of nitrogens with zero attached hydrogens (tertiary/aromatic N) is 1. The highest BCUT2D eigenvalue weighted by atomic mass is 32.2. The number of benzene rings is 1. The molecule has 1 saturated heterocycles. The van der Waals surface area contributed by atoms with Gasteiger partial charge in [0.2, 0.25) is 8.32 Å². The predicted molar refractivity (Wildman–Crippen MR) is 134 cm³/mol. The van der Waals surface area contributed by atoms with Crippen molar-refractivity contribution < 1.29 is 44.5 Å². The van der Waals surface area contributed by atoms with Crippen LogP contribution >= 0.6 is 0 Å². The van der Waals surface area contributed by atoms with Crippen LogP contribution in [0, 0.1) is 0 Å². The number of carbonyl (C=O) groups excluding carboxylic acids is 1. The van der Waals surface area contributed by atoms with Gasteiger partial charge in [-0.2, -0.15) is 21.6 Å². The lowest BCUT2D eigenvalue weighted by Crippen LogP contribution is -2.44. The largest absolute Gasteiger partial charge is 0.543 e. The van der Waals surface area contributed by atoms with Crippen LogP contribution in [0.15, 0.2) is 24.3 Å². The third-order valence-corrected chi connectivity index (χ3v) is 11.8. The highest BCUT2D eigenvalue weighted by Gasteiger charge is 2.51. The van der Waals surface area contributed by atoms with Gasteiger partial charge < -0.3 is 23.0 Å². The molecule has 3 rings (SSSR count). The molecule has 2 heterocycles. The number of hydrogen-bond acceptors (Lipinski definition) is 7. The third-order valence-electron chi connectivity index (χ3n) is 6.50. The van der Waals surface area contributed by atoms with Gasteiger partial charge >= 0.3 is 21.7 Å². The molecule has 1 atom stereocenters. The smallest absolute Gasteiger partial charge is 0.534 e. The van der Waals surface area contributed by atoms with Gasteiger partial charge in [-0.15, -0.1) is 0 Å². The van der Waals surface area contributed by atoms with Crippen LogP contribution in [0.4, 0.5) is 18.0 Å². The summed E-state index contributed by atoms with van der Waals surface area (Å²) in [4.78, 5) is 13.9. The molecule has 0 bridgehead atoms. The zero-order valence-electron chi connectivity index (χ0n) is 22.3. The fourth-order valence-corrected chi connectivity index (χ4v) is 5.08. The van der Waals surface area contributed by atoms with Crippen molar-refractivity contribution >= 4 is 30.3 Å². The van der Waals surface area contributed by atoms with Crippen molar-refractivity contribution in [2.75, 3.05) is 13.1 Å². The van der Waals surface area contributed by atoms with Crippen molar-refractivity contribution in [3.8, 4) is 11.5 Å². The molecule has 1 amide bonds. The number of fused-ring (bicyclic) bond motifs is 1. The summed E-state index contributed by atoms with van der Waals surface area (Å²) in [6, 6.07) is 4.54. The molecule has 1 aromatic carbocycles. The summed E-state index contributed by atoms with van der Waals surface area (Å²) in [6.45, 7) is 15.4. The Kier molecular flexibility index (Phi) is 7.17. The highest BCUT2D eigenvalue weighted by molar-refractivity contribution is 7.87. The number of amides is 1. The van der Waals surface area contributed by atoms with Crippen molar-refractivity contribution in [2.24, 2.45) is 0 Å². The Morgan fingerprint density at radius 3 is 2.27 bits per heavy atom. The van der Waals surface area contributed by atoms with Gasteiger partial charge in [0.05, 0.1) is 12.1 Å². The molecule has 0 aromatic heterocycles. The molecule has 0 saturated carbocycles. The van der Waals surface area contributed by atoms with Gasteiger partial charge in [-0.25, -0.2) is 4.79 Å². The summed E-state index contributed by atoms with van der Waals surface area (Å²) in [7, 11) is -8.29. The monoisotopic (exact) mass is 565 g/mol. The van der Waals surface area contributed by atoms with Crippen LogP contribution in [0.3, 0.4) is 0 Å². The van der Waals surface area contributed by atoms with Crippen LogP contribution < -0.4 is 9.16 Å². The topological polar surface area (TPSA) is 91.4 Å². The molecule has 208 valence electrons. The van der Waals surface area contributed by atoms with Crippen molar-refractivity contribution in [3.05, 3.63) is 29.8 Å². The maximum atomic E-state index is 13.2. The Hall–Kier alpha value is -2.41. The van der Waals surface area contributed by atoms with E-state index in [9.17, 15) is 26.4 Å². The second kappa shape index (κ2) is 9.11. The summed E-state index contributed by atoms with van der Waals surface area (Å²) in [6.07, 6.45) is 0.766. The van der Waals surface area contributed by atoms with E-state index in [-0.39, 0.29) is 35.9 Å². The minimum absolute atomic E-state index is 0.00498. The zero-order chi connectivity index (χ0) is 28.2. The maximum Gasteiger partial charge on any atom is 0.534 e. The van der Waals surface area contributed by atoms with Crippen LogP contribution in [-0.4, -0.2) is 57.5 Å². The average Bonchev–Trinajstić information content (AvgIpc) is 3.08. The number of carbonyl (C=O) groups is 1. The minimum atomic E-state index is -5.97. The number of alkyl halides is 3. The van der Waals surface area contributed by atoms with Crippen LogP contribution in [0.25, 0.3) is 5.76 Å². The molecule has 1 unspecified atom stereocenters. The lowest BCUT2D eigenvalue weighted by molar-refractivity contribution is -0.0510. The zero-order valence-corrected chi connectivity index (χ0v) is 24.1. The van der Waals surface area contributed by atoms with Crippen LogP contribution in [-0.2, 0) is 19.0 Å². The average molecular weight is 566 g/mol. The number of likely N-dealkylation sites (tertiary alicyclic amines) is 1. The highest BCUT2D eigenvalue weighted by Crippen LogP contribution is 2.45. The molecule has 13 heteroatoms. The fourth-order valence-electron chi connectivity index (χ4n) is 3.59. The molecule has 2 aliphatic rings. The normalized spacial score (nSPS) is 20.7. The molecule has 1 aromatic rings. The van der Waals surface area contributed by atoms with Crippen molar-refractivity contribution in [1.29, 1.82) is 0 Å². The van der Waals surface area contributed by atoms with Gasteiger partial charge in [-0.1, -0.05) is 20.8 Å². The van der Waals surface area contributed by atoms with Gasteiger partial charge in [0.15, 0.2) is 11.4 Å². The van der Waals surface area contributed by atoms with Crippen LogP contribution in [0.2, 0.25) is 18.1 Å². The van der Waals surface area contributed by atoms with Gasteiger partial charge in [0, 0.05) is 19.0 Å². The number of halogens is 3. The van der Waals surface area contributed by atoms with E-state index in [1.54, 1.807) is 26.8 Å². The second-order valence-electron chi connectivity index (χ2n) is 11.8. The SMILES string of the molecule is CC(C)(C)OC(=O)N1CCC2(C=C(OS(=O)(=O)C(F)(F)F)c3cc(O[Si](C)(C)C(C)(C)C)ccc3O2)C1. The van der Waals surface area contributed by atoms with E-state index in [0.29, 0.717) is 5.75 Å². The summed E-state index contributed by atoms with van der Waals surface area (Å²) in [5.41, 5.74) is -7.68. The van der Waals surface area contributed by atoms with Crippen LogP contribution in [0.1, 0.15) is 53.5 Å². The summed E-state index contributed by atoms with van der Waals surface area (Å²) in [5, 5.41) is -0.160. The number of hydrogen-bond donors (Lipinski definition) is 0. The molecule has 8 nitrogen and oxygen atoms in total. The van der Waals surface area contributed by atoms with Crippen LogP contribution in [0.5, 0.6) is 11.5 Å². The number of ether oxygens (including phenoxy) is 2. The first kappa shape index (κ1) is 29.1. The van der Waals surface area contributed by atoms with E-state index in [4.69, 9.17) is 13.9 Å². The molecule has 1 fully saturated rings. The lowest BCUT2D eigenvalue weighted by atomic mass is 9.96. The Labute approximate surface area is 217 Å². The quantitative estimate of drug-likeness (QED) is 0.249. The van der Waals surface area contributed by atoms with Gasteiger partial charge in [0.1, 0.15) is 17.1 Å². The number of rotatable bonds is 4. The molecular formula is C24H34F3NO7SSi. The van der Waals surface area contributed by atoms with Gasteiger partial charge in [0.25, 0.3) is 0 Å². The van der Waals surface area contributed by atoms with E-state index in [1.165, 1.54) is 23.1 Å². The fraction of sp³-hybridized carbons (Fsp3) is 0.625. The molecule has 2 aliphatic heterocycles. The molecule has 1 spiro atoms. The third kappa shape index (κ3) is 6.36. The summed E-state index contributed by atoms with van der Waals surface area (Å²) in [5.74, 6) is -0.0700. The van der Waals surface area contributed by atoms with Crippen molar-refractivity contribution in [3.63, 3.8) is 0 Å². The Morgan fingerprint density at radius 2 is 1.73 bits per heavy atom. The predicted octanol–water partition coefficient (Wildman–Crippen LogP) is 6.05. The first-order valence-corrected chi connectivity index (χ1v) is 16.1. The second-order valence-corrected chi connectivity index (χ2v) is 18.1. The summed E-state index contributed by atoms with van der Waals surface area (Å²) >= 11 is 0. The summed E-state index contributed by atoms with van der Waals surface area (Å²) < 4.78 is 86.1. The van der Waals surface area contributed by atoms with E-state index in [1.807, 2.05) is 33.9 Å². The Balaban J connectivity index is 2.02. The van der Waals surface area contributed by atoms with E-state index in [0.717, 1.165) is 0 Å². The first-order chi connectivity index (χ1) is 16.5. The van der Waals surface area contributed by atoms with Crippen molar-refractivity contribution in [2.45, 2.75) is 82.8 Å². The molecule has 37 heavy (non-hydrogen) atoms. The van der Waals surface area contributed by atoms with E-state index >= 15 is 0 Å². The standard InChI is InChI=1S/C24H34F3NO7SSi/c1-21(2,3)33-20(29)28-12-11-23(15-28)14-19(34-36(30,31)24(25,26)27)17-13-16(9-10-18(17)32-23)35-37(7,8)22(4,5)6/h9-10,13-14H,11-12,15H2,1-8H3. The van der Waals surface area contributed by atoms with E-state index < -0.39 is 47.0 Å². The maximum absolute atomic E-state index is 13.2. The Morgan fingerprint density at radius 1 is 1.11 bits per heavy atom. The van der Waals surface area contributed by atoms with Gasteiger partial charge in [-0.3, -0.25) is 0 Å². The molecule has 0 N–H and O–H groups in total. The molecule has 0 radical (unpaired) electrons.